The standard InChI is InChI=1S/C12H16F3NO/c1-8-6-9(17-3)4-5-10(8)11(16-2)7-12(13,14)15/h4-6,11,16H,7H2,1-3H3. The second-order valence-electron chi connectivity index (χ2n) is 3.88. The Labute approximate surface area is 98.8 Å². The van der Waals surface area contributed by atoms with Crippen LogP contribution in [-0.2, 0) is 0 Å². The third kappa shape index (κ3) is 3.93. The molecule has 2 nitrogen and oxygen atoms in total. The van der Waals surface area contributed by atoms with Crippen LogP contribution in [0.3, 0.4) is 0 Å². The Hall–Kier alpha value is -1.23. The topological polar surface area (TPSA) is 21.3 Å². The quantitative estimate of drug-likeness (QED) is 0.882. The van der Waals surface area contributed by atoms with Crippen molar-refractivity contribution in [2.75, 3.05) is 14.2 Å². The lowest BCUT2D eigenvalue weighted by molar-refractivity contribution is -0.140. The zero-order chi connectivity index (χ0) is 13.1. The van der Waals surface area contributed by atoms with Gasteiger partial charge in [0.15, 0.2) is 0 Å². The van der Waals surface area contributed by atoms with Crippen LogP contribution in [-0.4, -0.2) is 20.3 Å². The van der Waals surface area contributed by atoms with Crippen molar-refractivity contribution in [2.45, 2.75) is 25.6 Å². The molecule has 96 valence electrons. The second kappa shape index (κ2) is 5.40. The molecule has 0 saturated carbocycles. The summed E-state index contributed by atoms with van der Waals surface area (Å²) in [5, 5.41) is 2.69. The summed E-state index contributed by atoms with van der Waals surface area (Å²) in [6, 6.07) is 4.35. The summed E-state index contributed by atoms with van der Waals surface area (Å²) in [7, 11) is 3.06. The highest BCUT2D eigenvalue weighted by molar-refractivity contribution is 5.36. The van der Waals surface area contributed by atoms with Crippen LogP contribution in [0.5, 0.6) is 5.75 Å². The van der Waals surface area contributed by atoms with Gasteiger partial charge in [-0.15, -0.1) is 0 Å². The Morgan fingerprint density at radius 2 is 2.00 bits per heavy atom. The van der Waals surface area contributed by atoms with Gasteiger partial charge < -0.3 is 10.1 Å². The van der Waals surface area contributed by atoms with E-state index in [0.29, 0.717) is 11.3 Å². The molecule has 1 aromatic rings. The van der Waals surface area contributed by atoms with Crippen LogP contribution in [0.25, 0.3) is 0 Å². The predicted molar refractivity (Wildman–Crippen MR) is 60.2 cm³/mol. The normalized spacial score (nSPS) is 13.5. The van der Waals surface area contributed by atoms with Gasteiger partial charge in [-0.2, -0.15) is 13.2 Å². The lowest BCUT2D eigenvalue weighted by atomic mass is 9.98. The van der Waals surface area contributed by atoms with Gasteiger partial charge in [-0.05, 0) is 37.2 Å². The molecule has 1 rings (SSSR count). The number of benzene rings is 1. The highest BCUT2D eigenvalue weighted by atomic mass is 19.4. The minimum Gasteiger partial charge on any atom is -0.497 e. The van der Waals surface area contributed by atoms with Crippen LogP contribution in [0.2, 0.25) is 0 Å². The highest BCUT2D eigenvalue weighted by Crippen LogP contribution is 2.31. The zero-order valence-electron chi connectivity index (χ0n) is 10.1. The van der Waals surface area contributed by atoms with Crippen molar-refractivity contribution in [1.29, 1.82) is 0 Å². The van der Waals surface area contributed by atoms with Crippen molar-refractivity contribution >= 4 is 0 Å². The van der Waals surface area contributed by atoms with Crippen LogP contribution >= 0.6 is 0 Å². The smallest absolute Gasteiger partial charge is 0.390 e. The molecular weight excluding hydrogens is 231 g/mol. The lowest BCUT2D eigenvalue weighted by Gasteiger charge is -2.20. The number of methoxy groups -OCH3 is 1. The van der Waals surface area contributed by atoms with E-state index in [9.17, 15) is 13.2 Å². The minimum absolute atomic E-state index is 0.644. The Kier molecular flexibility index (Phi) is 4.40. The predicted octanol–water partition coefficient (Wildman–Crippen LogP) is 3.22. The first-order valence-corrected chi connectivity index (χ1v) is 5.26. The van der Waals surface area contributed by atoms with E-state index in [1.54, 1.807) is 25.1 Å². The number of hydrogen-bond donors (Lipinski definition) is 1. The van der Waals surface area contributed by atoms with Gasteiger partial charge in [0, 0.05) is 6.04 Å². The highest BCUT2D eigenvalue weighted by Gasteiger charge is 2.32. The summed E-state index contributed by atoms with van der Waals surface area (Å²) in [4.78, 5) is 0. The number of hydrogen-bond acceptors (Lipinski definition) is 2. The zero-order valence-corrected chi connectivity index (χ0v) is 10.1. The number of alkyl halides is 3. The molecule has 0 amide bonds. The fourth-order valence-corrected chi connectivity index (χ4v) is 1.77. The number of rotatable bonds is 4. The first-order chi connectivity index (χ1) is 7.87. The molecule has 0 aliphatic rings. The van der Waals surface area contributed by atoms with Gasteiger partial charge >= 0.3 is 6.18 Å². The Morgan fingerprint density at radius 3 is 2.41 bits per heavy atom. The minimum atomic E-state index is -4.18. The van der Waals surface area contributed by atoms with Gasteiger partial charge in [-0.3, -0.25) is 0 Å². The number of halogens is 3. The Balaban J connectivity index is 2.96. The molecule has 17 heavy (non-hydrogen) atoms. The van der Waals surface area contributed by atoms with Gasteiger partial charge in [0.05, 0.1) is 13.5 Å². The van der Waals surface area contributed by atoms with Crippen LogP contribution in [0, 0.1) is 6.92 Å². The molecule has 1 N–H and O–H groups in total. The van der Waals surface area contributed by atoms with Crippen molar-refractivity contribution in [1.82, 2.24) is 5.32 Å². The molecular formula is C12H16F3NO. The SMILES string of the molecule is CNC(CC(F)(F)F)c1ccc(OC)cc1C. The summed E-state index contributed by atoms with van der Waals surface area (Å²) in [6.45, 7) is 1.78. The second-order valence-corrected chi connectivity index (χ2v) is 3.88. The van der Waals surface area contributed by atoms with Gasteiger partial charge in [0.2, 0.25) is 0 Å². The summed E-state index contributed by atoms with van der Waals surface area (Å²) in [5.41, 5.74) is 1.43. The summed E-state index contributed by atoms with van der Waals surface area (Å²) in [6.07, 6.45) is -5.06. The monoisotopic (exact) mass is 247 g/mol. The molecule has 0 aromatic heterocycles. The third-order valence-electron chi connectivity index (χ3n) is 2.64. The van der Waals surface area contributed by atoms with E-state index in [4.69, 9.17) is 4.74 Å². The van der Waals surface area contributed by atoms with Gasteiger partial charge in [0.1, 0.15) is 5.75 Å². The molecule has 0 saturated heterocycles. The Bertz CT molecular complexity index is 377. The van der Waals surface area contributed by atoms with Crippen molar-refractivity contribution in [3.8, 4) is 5.75 Å². The van der Waals surface area contributed by atoms with Crippen molar-refractivity contribution in [3.05, 3.63) is 29.3 Å². The molecule has 1 aromatic carbocycles. The molecule has 1 atom stereocenters. The number of nitrogens with one attached hydrogen (secondary N) is 1. The number of ether oxygens (including phenoxy) is 1. The van der Waals surface area contributed by atoms with E-state index in [-0.39, 0.29) is 0 Å². The van der Waals surface area contributed by atoms with Crippen LogP contribution in [0.15, 0.2) is 18.2 Å². The van der Waals surface area contributed by atoms with E-state index < -0.39 is 18.6 Å². The summed E-state index contributed by atoms with van der Waals surface area (Å²) >= 11 is 0. The molecule has 0 radical (unpaired) electrons. The van der Waals surface area contributed by atoms with Gasteiger partial charge in [0.25, 0.3) is 0 Å². The summed E-state index contributed by atoms with van der Waals surface area (Å²) < 4.78 is 42.2. The van der Waals surface area contributed by atoms with Crippen LogP contribution < -0.4 is 10.1 Å². The first-order valence-electron chi connectivity index (χ1n) is 5.26. The molecule has 0 spiro atoms. The summed E-state index contributed by atoms with van der Waals surface area (Å²) in [5.74, 6) is 0.646. The van der Waals surface area contributed by atoms with Crippen molar-refractivity contribution in [3.63, 3.8) is 0 Å². The van der Waals surface area contributed by atoms with Crippen LogP contribution in [0.4, 0.5) is 13.2 Å². The maximum Gasteiger partial charge on any atom is 0.390 e. The fraction of sp³-hybridized carbons (Fsp3) is 0.500. The fourth-order valence-electron chi connectivity index (χ4n) is 1.77. The average Bonchev–Trinajstić information content (AvgIpc) is 2.24. The van der Waals surface area contributed by atoms with E-state index in [1.165, 1.54) is 14.2 Å². The maximum absolute atomic E-state index is 12.4. The third-order valence-corrected chi connectivity index (χ3v) is 2.64. The molecule has 0 heterocycles. The molecule has 1 unspecified atom stereocenters. The van der Waals surface area contributed by atoms with Crippen molar-refractivity contribution < 1.29 is 17.9 Å². The number of aryl methyl sites for hydroxylation is 1. The van der Waals surface area contributed by atoms with Crippen LogP contribution in [0.1, 0.15) is 23.6 Å². The van der Waals surface area contributed by atoms with Crippen molar-refractivity contribution in [2.24, 2.45) is 0 Å². The maximum atomic E-state index is 12.4. The lowest BCUT2D eigenvalue weighted by Crippen LogP contribution is -2.24. The van der Waals surface area contributed by atoms with E-state index >= 15 is 0 Å². The van der Waals surface area contributed by atoms with E-state index in [2.05, 4.69) is 5.32 Å². The van der Waals surface area contributed by atoms with Gasteiger partial charge in [-0.25, -0.2) is 0 Å². The molecule has 0 fully saturated rings. The molecule has 0 aliphatic heterocycles. The first kappa shape index (κ1) is 13.8. The molecule has 0 bridgehead atoms. The Morgan fingerprint density at radius 1 is 1.35 bits per heavy atom. The van der Waals surface area contributed by atoms with Gasteiger partial charge in [-0.1, -0.05) is 6.07 Å². The van der Waals surface area contributed by atoms with E-state index in [1.807, 2.05) is 0 Å². The van der Waals surface area contributed by atoms with E-state index in [0.717, 1.165) is 5.56 Å². The largest absolute Gasteiger partial charge is 0.497 e. The molecule has 0 aliphatic carbocycles. The molecule has 5 heteroatoms. The average molecular weight is 247 g/mol.